The number of nitrogens with zero attached hydrogens (tertiary/aromatic N) is 3. The molecule has 10 heteroatoms. The van der Waals surface area contributed by atoms with Gasteiger partial charge in [0.25, 0.3) is 0 Å². The molecule has 0 aliphatic heterocycles. The summed E-state index contributed by atoms with van der Waals surface area (Å²) in [5.41, 5.74) is -0.574. The van der Waals surface area contributed by atoms with Crippen LogP contribution >= 0.6 is 27.3 Å². The minimum absolute atomic E-state index is 0.328. The topological polar surface area (TPSA) is 55.2 Å². The zero-order chi connectivity index (χ0) is 16.5. The van der Waals surface area contributed by atoms with Crippen molar-refractivity contribution in [2.24, 2.45) is 4.36 Å². The highest BCUT2D eigenvalue weighted by molar-refractivity contribution is 9.10. The van der Waals surface area contributed by atoms with Crippen LogP contribution in [0.15, 0.2) is 37.0 Å². The highest BCUT2D eigenvalue weighted by atomic mass is 79.9. The van der Waals surface area contributed by atoms with Crippen LogP contribution < -0.4 is 0 Å². The number of hydrogen-bond donors (Lipinski definition) is 0. The lowest BCUT2D eigenvalue weighted by Gasteiger charge is -2.16. The zero-order valence-electron chi connectivity index (χ0n) is 11.5. The molecule has 4 nitrogen and oxygen atoms in total. The van der Waals surface area contributed by atoms with E-state index >= 15 is 0 Å². The first-order valence-electron chi connectivity index (χ1n) is 5.97. The van der Waals surface area contributed by atoms with Gasteiger partial charge in [0.2, 0.25) is 0 Å². The predicted molar refractivity (Wildman–Crippen MR) is 82.2 cm³/mol. The molecule has 22 heavy (non-hydrogen) atoms. The Morgan fingerprint density at radius 3 is 2.50 bits per heavy atom. The summed E-state index contributed by atoms with van der Waals surface area (Å²) in [4.78, 5) is 7.52. The summed E-state index contributed by atoms with van der Waals surface area (Å²) >= 11 is 4.37. The maximum atomic E-state index is 13.1. The van der Waals surface area contributed by atoms with E-state index < -0.39 is 26.8 Å². The van der Waals surface area contributed by atoms with Crippen LogP contribution in [0.3, 0.4) is 0 Å². The van der Waals surface area contributed by atoms with Crippen molar-refractivity contribution < 1.29 is 17.4 Å². The third-order valence-corrected chi connectivity index (χ3v) is 7.72. The molecule has 2 atom stereocenters. The lowest BCUT2D eigenvalue weighted by Crippen LogP contribution is -2.13. The molecular weight excluding hydrogens is 403 g/mol. The molecule has 0 saturated carbocycles. The number of alkyl halides is 3. The van der Waals surface area contributed by atoms with Crippen LogP contribution in [0.25, 0.3) is 0 Å². The van der Waals surface area contributed by atoms with Crippen molar-refractivity contribution in [1.82, 2.24) is 9.97 Å². The Morgan fingerprint density at radius 2 is 2.09 bits per heavy atom. The second-order valence-electron chi connectivity index (χ2n) is 4.30. The van der Waals surface area contributed by atoms with Crippen LogP contribution in [-0.4, -0.2) is 21.2 Å². The monoisotopic (exact) mass is 413 g/mol. The molecule has 0 amide bonds. The van der Waals surface area contributed by atoms with Crippen LogP contribution in [0, 0.1) is 0 Å². The lowest BCUT2D eigenvalue weighted by atomic mass is 10.2. The summed E-state index contributed by atoms with van der Waals surface area (Å²) < 4.78 is 55.5. The highest BCUT2D eigenvalue weighted by Crippen LogP contribution is 2.34. The van der Waals surface area contributed by atoms with E-state index in [1.807, 2.05) is 0 Å². The van der Waals surface area contributed by atoms with E-state index in [1.54, 1.807) is 12.3 Å². The first-order chi connectivity index (χ1) is 10.2. The smallest absolute Gasteiger partial charge is 0.251 e. The van der Waals surface area contributed by atoms with Crippen molar-refractivity contribution in [3.05, 3.63) is 39.6 Å². The summed E-state index contributed by atoms with van der Waals surface area (Å²) in [6.07, 6.45) is -3.42. The molecule has 2 heterocycles. The van der Waals surface area contributed by atoms with Gasteiger partial charge < -0.3 is 0 Å². The molecule has 2 aromatic rings. The van der Waals surface area contributed by atoms with E-state index in [0.717, 1.165) is 12.3 Å². The molecule has 2 aromatic heterocycles. The summed E-state index contributed by atoms with van der Waals surface area (Å²) in [5, 5.41) is 1.04. The molecule has 0 aromatic carbocycles. The Labute approximate surface area is 138 Å². The molecule has 0 saturated heterocycles. The van der Waals surface area contributed by atoms with Crippen molar-refractivity contribution in [2.75, 3.05) is 7.05 Å². The van der Waals surface area contributed by atoms with Gasteiger partial charge in [-0.2, -0.15) is 13.2 Å². The number of rotatable bonds is 3. The zero-order valence-corrected chi connectivity index (χ0v) is 14.7. The van der Waals surface area contributed by atoms with Gasteiger partial charge in [0, 0.05) is 18.6 Å². The average molecular weight is 414 g/mol. The Balaban J connectivity index is 2.42. The molecule has 2 unspecified atom stereocenters. The maximum absolute atomic E-state index is 13.1. The molecule has 0 aliphatic rings. The van der Waals surface area contributed by atoms with Gasteiger partial charge in [-0.1, -0.05) is 6.07 Å². The van der Waals surface area contributed by atoms with E-state index in [1.165, 1.54) is 24.5 Å². The molecule has 120 valence electrons. The van der Waals surface area contributed by atoms with E-state index in [-0.39, 0.29) is 0 Å². The molecule has 0 N–H and O–H groups in total. The van der Waals surface area contributed by atoms with Gasteiger partial charge in [0.15, 0.2) is 4.34 Å². The van der Waals surface area contributed by atoms with E-state index in [9.17, 15) is 17.4 Å². The summed E-state index contributed by atoms with van der Waals surface area (Å²) in [7, 11) is -1.48. The third-order valence-electron chi connectivity index (χ3n) is 3.00. The Morgan fingerprint density at radius 1 is 1.41 bits per heavy atom. The van der Waals surface area contributed by atoms with Crippen LogP contribution in [0.2, 0.25) is 0 Å². The lowest BCUT2D eigenvalue weighted by molar-refractivity contribution is -0.141. The van der Waals surface area contributed by atoms with Gasteiger partial charge in [-0.25, -0.2) is 13.6 Å². The van der Waals surface area contributed by atoms with Gasteiger partial charge in [0.1, 0.15) is 20.0 Å². The van der Waals surface area contributed by atoms with E-state index in [2.05, 4.69) is 30.3 Å². The van der Waals surface area contributed by atoms with Gasteiger partial charge in [0.05, 0.1) is 5.25 Å². The van der Waals surface area contributed by atoms with Gasteiger partial charge in [-0.05, 0) is 34.5 Å². The maximum Gasteiger partial charge on any atom is 0.433 e. The first kappa shape index (κ1) is 17.4. The summed E-state index contributed by atoms with van der Waals surface area (Å²) in [5.74, 6) is 0. The average Bonchev–Trinajstić information content (AvgIpc) is 2.92. The van der Waals surface area contributed by atoms with Crippen molar-refractivity contribution in [1.29, 1.82) is 0 Å². The van der Waals surface area contributed by atoms with E-state index in [4.69, 9.17) is 0 Å². The molecule has 0 aliphatic carbocycles. The molecule has 0 radical (unpaired) electrons. The Bertz CT molecular complexity index is 780. The van der Waals surface area contributed by atoms with Crippen molar-refractivity contribution in [3.63, 3.8) is 0 Å². The predicted octanol–water partition coefficient (Wildman–Crippen LogP) is 4.54. The van der Waals surface area contributed by atoms with E-state index in [0.29, 0.717) is 14.5 Å². The minimum atomic E-state index is -4.50. The number of aromatic nitrogens is 2. The van der Waals surface area contributed by atoms with Crippen molar-refractivity contribution >= 4 is 37.0 Å². The SMILES string of the molecule is CN=S(=O)(c1nc(Br)cs1)C(C)c1ccc(C(F)(F)F)nc1. The van der Waals surface area contributed by atoms with Gasteiger partial charge >= 0.3 is 6.18 Å². The second kappa shape index (κ2) is 6.25. The largest absolute Gasteiger partial charge is 0.433 e. The highest BCUT2D eigenvalue weighted by Gasteiger charge is 2.33. The minimum Gasteiger partial charge on any atom is -0.251 e. The van der Waals surface area contributed by atoms with Gasteiger partial charge in [-0.3, -0.25) is 4.98 Å². The fourth-order valence-electron chi connectivity index (χ4n) is 1.76. The Kier molecular flexibility index (Phi) is 4.93. The fourth-order valence-corrected chi connectivity index (χ4v) is 5.72. The fraction of sp³-hybridized carbons (Fsp3) is 0.333. The van der Waals surface area contributed by atoms with Crippen LogP contribution in [0.5, 0.6) is 0 Å². The normalized spacial score (nSPS) is 16.1. The molecule has 0 bridgehead atoms. The quantitative estimate of drug-likeness (QED) is 0.741. The van der Waals surface area contributed by atoms with Gasteiger partial charge in [-0.15, -0.1) is 11.3 Å². The number of pyridine rings is 1. The summed E-state index contributed by atoms with van der Waals surface area (Å²) in [6.45, 7) is 1.63. The molecular formula is C12H11BrF3N3OS2. The third kappa shape index (κ3) is 3.33. The standard InChI is InChI=1S/C12H11BrF3N3OS2/c1-7(8-3-4-9(18-5-8)12(14,15)16)22(20,17-2)11-19-10(13)6-21-11/h3-7H,1-2H3. The number of thiazole rings is 1. The number of halogens is 4. The van der Waals surface area contributed by atoms with Crippen molar-refractivity contribution in [3.8, 4) is 0 Å². The second-order valence-corrected chi connectivity index (χ2v) is 8.83. The van der Waals surface area contributed by atoms with Crippen LogP contribution in [-0.2, 0) is 15.9 Å². The molecule has 0 spiro atoms. The first-order valence-corrected chi connectivity index (χ1v) is 9.22. The molecule has 0 fully saturated rings. The molecule has 2 rings (SSSR count). The number of hydrogen-bond acceptors (Lipinski definition) is 5. The van der Waals surface area contributed by atoms with Crippen LogP contribution in [0.1, 0.15) is 23.4 Å². The van der Waals surface area contributed by atoms with Crippen molar-refractivity contribution in [2.45, 2.75) is 22.7 Å². The van der Waals surface area contributed by atoms with Crippen LogP contribution in [0.4, 0.5) is 13.2 Å². The summed E-state index contributed by atoms with van der Waals surface area (Å²) in [6, 6.07) is 2.15. The Hall–Kier alpha value is -1.00.